The Morgan fingerprint density at radius 1 is 1.39 bits per heavy atom. The average Bonchev–Trinajstić information content (AvgIpc) is 2.67. The third kappa shape index (κ3) is 3.46. The molecule has 0 spiro atoms. The maximum atomic E-state index is 11.7. The van der Waals surface area contributed by atoms with Crippen LogP contribution >= 0.6 is 0 Å². The van der Waals surface area contributed by atoms with Gasteiger partial charge in [-0.15, -0.1) is 0 Å². The van der Waals surface area contributed by atoms with Crippen molar-refractivity contribution in [2.75, 3.05) is 39.0 Å². The third-order valence-corrected chi connectivity index (χ3v) is 3.28. The lowest BCUT2D eigenvalue weighted by atomic mass is 10.3. The maximum absolute atomic E-state index is 11.7. The van der Waals surface area contributed by atoms with Crippen molar-refractivity contribution in [2.24, 2.45) is 0 Å². The molecular weight excluding hydrogens is 230 g/mol. The minimum absolute atomic E-state index is 0.218. The Bertz CT molecular complexity index is 403. The van der Waals surface area contributed by atoms with Gasteiger partial charge in [0.2, 0.25) is 5.91 Å². The van der Waals surface area contributed by atoms with E-state index in [1.807, 2.05) is 22.8 Å². The van der Waals surface area contributed by atoms with E-state index in [0.29, 0.717) is 12.4 Å². The van der Waals surface area contributed by atoms with Crippen molar-refractivity contribution in [1.82, 2.24) is 19.6 Å². The SMILES string of the molecule is CN1CCCN(CCCn2ccc(N)n2)CC1=O. The smallest absolute Gasteiger partial charge is 0.236 e. The van der Waals surface area contributed by atoms with Crippen LogP contribution in [0.3, 0.4) is 0 Å². The molecule has 1 amide bonds. The molecule has 1 aliphatic heterocycles. The van der Waals surface area contributed by atoms with Gasteiger partial charge in [-0.1, -0.05) is 0 Å². The molecule has 18 heavy (non-hydrogen) atoms. The molecule has 6 heteroatoms. The summed E-state index contributed by atoms with van der Waals surface area (Å²) in [7, 11) is 1.87. The van der Waals surface area contributed by atoms with E-state index < -0.39 is 0 Å². The molecule has 0 aliphatic carbocycles. The van der Waals surface area contributed by atoms with Crippen LogP contribution in [0.2, 0.25) is 0 Å². The van der Waals surface area contributed by atoms with Crippen molar-refractivity contribution in [3.05, 3.63) is 12.3 Å². The lowest BCUT2D eigenvalue weighted by Gasteiger charge is -2.19. The van der Waals surface area contributed by atoms with Crippen LogP contribution in [0.1, 0.15) is 12.8 Å². The molecule has 0 atom stereocenters. The van der Waals surface area contributed by atoms with Crippen LogP contribution in [0, 0.1) is 0 Å². The van der Waals surface area contributed by atoms with Crippen LogP contribution in [-0.4, -0.2) is 58.7 Å². The molecule has 0 aromatic carbocycles. The Morgan fingerprint density at radius 3 is 2.94 bits per heavy atom. The van der Waals surface area contributed by atoms with Gasteiger partial charge in [-0.3, -0.25) is 14.4 Å². The van der Waals surface area contributed by atoms with Crippen LogP contribution in [0.15, 0.2) is 12.3 Å². The first-order chi connectivity index (χ1) is 8.65. The summed E-state index contributed by atoms with van der Waals surface area (Å²) >= 11 is 0. The molecular formula is C12H21N5O. The number of rotatable bonds is 4. The number of nitrogens with two attached hydrogens (primary N) is 1. The fourth-order valence-corrected chi connectivity index (χ4v) is 2.20. The van der Waals surface area contributed by atoms with E-state index in [1.165, 1.54) is 0 Å². The minimum Gasteiger partial charge on any atom is -0.382 e. The predicted octanol–water partition coefficient (Wildman–Crippen LogP) is 0.0195. The summed E-state index contributed by atoms with van der Waals surface area (Å²) in [6.45, 7) is 4.18. The monoisotopic (exact) mass is 251 g/mol. The second kappa shape index (κ2) is 5.86. The molecule has 100 valence electrons. The standard InChI is InChI=1S/C12H21N5O/c1-15-5-2-6-16(10-12(15)18)7-3-8-17-9-4-11(13)14-17/h4,9H,2-3,5-8,10H2,1H3,(H2,13,14). The zero-order valence-electron chi connectivity index (χ0n) is 10.9. The highest BCUT2D eigenvalue weighted by molar-refractivity contribution is 5.78. The lowest BCUT2D eigenvalue weighted by molar-refractivity contribution is -0.129. The Morgan fingerprint density at radius 2 is 2.22 bits per heavy atom. The van der Waals surface area contributed by atoms with Crippen molar-refractivity contribution in [1.29, 1.82) is 0 Å². The van der Waals surface area contributed by atoms with E-state index in [-0.39, 0.29) is 5.91 Å². The van der Waals surface area contributed by atoms with Gasteiger partial charge in [-0.25, -0.2) is 0 Å². The van der Waals surface area contributed by atoms with Gasteiger partial charge >= 0.3 is 0 Å². The quantitative estimate of drug-likeness (QED) is 0.819. The van der Waals surface area contributed by atoms with Crippen molar-refractivity contribution in [3.63, 3.8) is 0 Å². The van der Waals surface area contributed by atoms with Gasteiger partial charge in [0.25, 0.3) is 0 Å². The van der Waals surface area contributed by atoms with Gasteiger partial charge in [0.05, 0.1) is 6.54 Å². The molecule has 0 saturated carbocycles. The van der Waals surface area contributed by atoms with Gasteiger partial charge in [0, 0.05) is 39.4 Å². The summed E-state index contributed by atoms with van der Waals surface area (Å²) in [5.74, 6) is 0.775. The molecule has 1 saturated heterocycles. The molecule has 1 aliphatic rings. The first kappa shape index (κ1) is 12.9. The number of carbonyl (C=O) groups excluding carboxylic acids is 1. The molecule has 1 aromatic rings. The molecule has 6 nitrogen and oxygen atoms in total. The largest absolute Gasteiger partial charge is 0.382 e. The first-order valence-corrected chi connectivity index (χ1v) is 6.40. The molecule has 0 radical (unpaired) electrons. The zero-order valence-corrected chi connectivity index (χ0v) is 10.9. The molecule has 2 heterocycles. The number of amides is 1. The summed E-state index contributed by atoms with van der Waals surface area (Å²) in [6, 6.07) is 1.80. The Hall–Kier alpha value is -1.56. The number of hydrogen-bond acceptors (Lipinski definition) is 4. The highest BCUT2D eigenvalue weighted by Crippen LogP contribution is 2.04. The third-order valence-electron chi connectivity index (χ3n) is 3.28. The number of aryl methyl sites for hydroxylation is 1. The molecule has 2 rings (SSSR count). The lowest BCUT2D eigenvalue weighted by Crippen LogP contribution is -2.35. The average molecular weight is 251 g/mol. The van der Waals surface area contributed by atoms with E-state index in [0.717, 1.165) is 39.0 Å². The number of likely N-dealkylation sites (N-methyl/N-ethyl adjacent to an activating group) is 1. The van der Waals surface area contributed by atoms with Crippen LogP contribution in [-0.2, 0) is 11.3 Å². The number of aromatic nitrogens is 2. The van der Waals surface area contributed by atoms with Gasteiger partial charge in [0.1, 0.15) is 5.82 Å². The fourth-order valence-electron chi connectivity index (χ4n) is 2.20. The van der Waals surface area contributed by atoms with Crippen molar-refractivity contribution >= 4 is 11.7 Å². The van der Waals surface area contributed by atoms with E-state index in [2.05, 4.69) is 10.00 Å². The van der Waals surface area contributed by atoms with E-state index in [9.17, 15) is 4.79 Å². The number of hydrogen-bond donors (Lipinski definition) is 1. The summed E-state index contributed by atoms with van der Waals surface area (Å²) in [4.78, 5) is 15.7. The molecule has 2 N–H and O–H groups in total. The Kier molecular flexibility index (Phi) is 4.19. The van der Waals surface area contributed by atoms with E-state index in [4.69, 9.17) is 5.73 Å². The van der Waals surface area contributed by atoms with E-state index in [1.54, 1.807) is 6.07 Å². The zero-order chi connectivity index (χ0) is 13.0. The van der Waals surface area contributed by atoms with Crippen LogP contribution < -0.4 is 5.73 Å². The summed E-state index contributed by atoms with van der Waals surface area (Å²) in [5.41, 5.74) is 5.55. The highest BCUT2D eigenvalue weighted by atomic mass is 16.2. The molecule has 1 aromatic heterocycles. The number of nitrogens with zero attached hydrogens (tertiary/aromatic N) is 4. The topological polar surface area (TPSA) is 67.4 Å². The van der Waals surface area contributed by atoms with Crippen LogP contribution in [0.5, 0.6) is 0 Å². The molecule has 0 bridgehead atoms. The predicted molar refractivity (Wildman–Crippen MR) is 70.0 cm³/mol. The van der Waals surface area contributed by atoms with Crippen LogP contribution in [0.4, 0.5) is 5.82 Å². The Labute approximate surface area is 107 Å². The van der Waals surface area contributed by atoms with E-state index >= 15 is 0 Å². The normalized spacial score (nSPS) is 18.1. The Balaban J connectivity index is 1.74. The maximum Gasteiger partial charge on any atom is 0.236 e. The molecule has 0 unspecified atom stereocenters. The van der Waals surface area contributed by atoms with Gasteiger partial charge in [0.15, 0.2) is 0 Å². The number of carbonyl (C=O) groups is 1. The fraction of sp³-hybridized carbons (Fsp3) is 0.667. The summed E-state index contributed by atoms with van der Waals surface area (Å²) in [6.07, 6.45) is 3.92. The van der Waals surface area contributed by atoms with Gasteiger partial charge in [-0.2, -0.15) is 5.10 Å². The molecule has 1 fully saturated rings. The minimum atomic E-state index is 0.218. The van der Waals surface area contributed by atoms with Crippen LogP contribution in [0.25, 0.3) is 0 Å². The summed E-state index contributed by atoms with van der Waals surface area (Å²) in [5, 5.41) is 4.14. The first-order valence-electron chi connectivity index (χ1n) is 6.40. The second-order valence-electron chi connectivity index (χ2n) is 4.80. The number of anilines is 1. The summed E-state index contributed by atoms with van der Waals surface area (Å²) < 4.78 is 1.85. The van der Waals surface area contributed by atoms with Crippen molar-refractivity contribution in [2.45, 2.75) is 19.4 Å². The van der Waals surface area contributed by atoms with Crippen molar-refractivity contribution < 1.29 is 4.79 Å². The van der Waals surface area contributed by atoms with Gasteiger partial charge in [-0.05, 0) is 18.9 Å². The highest BCUT2D eigenvalue weighted by Gasteiger charge is 2.18. The number of nitrogen functional groups attached to an aromatic ring is 1. The van der Waals surface area contributed by atoms with Crippen molar-refractivity contribution in [3.8, 4) is 0 Å². The second-order valence-corrected chi connectivity index (χ2v) is 4.80. The van der Waals surface area contributed by atoms with Gasteiger partial charge < -0.3 is 10.6 Å².